The van der Waals surface area contributed by atoms with E-state index in [2.05, 4.69) is 56.4 Å². The molecule has 0 saturated heterocycles. The van der Waals surface area contributed by atoms with Crippen LogP contribution < -0.4 is 5.32 Å². The van der Waals surface area contributed by atoms with Crippen molar-refractivity contribution < 1.29 is 4.79 Å². The topological polar surface area (TPSA) is 52.9 Å². The third-order valence-electron chi connectivity index (χ3n) is 3.81. The first-order valence-electron chi connectivity index (χ1n) is 7.73. The Morgan fingerprint density at radius 3 is 2.59 bits per heavy atom. The number of hydrogen-bond donors (Lipinski definition) is 1. The molecule has 1 aliphatic rings. The summed E-state index contributed by atoms with van der Waals surface area (Å²) in [5, 5.41) is 13.1. The number of thioether (sulfide) groups is 1. The predicted molar refractivity (Wildman–Crippen MR) is 91.4 cm³/mol. The van der Waals surface area contributed by atoms with Crippen molar-refractivity contribution in [3.05, 3.63) is 46.0 Å². The minimum atomic E-state index is -0.126. The van der Waals surface area contributed by atoms with E-state index in [0.717, 1.165) is 22.8 Å². The molecule has 1 aromatic rings. The molecule has 116 valence electrons. The number of allylic oxidation sites excluding steroid dienone is 1. The molecule has 1 aromatic carbocycles. The summed E-state index contributed by atoms with van der Waals surface area (Å²) >= 11 is 1.57. The van der Waals surface area contributed by atoms with Crippen LogP contribution in [0.4, 0.5) is 0 Å². The summed E-state index contributed by atoms with van der Waals surface area (Å²) in [6, 6.07) is 10.6. The van der Waals surface area contributed by atoms with Crippen LogP contribution >= 0.6 is 11.8 Å². The molecule has 0 aliphatic carbocycles. The van der Waals surface area contributed by atoms with Gasteiger partial charge >= 0.3 is 0 Å². The number of hydrogen-bond acceptors (Lipinski definition) is 3. The van der Waals surface area contributed by atoms with E-state index in [1.165, 1.54) is 5.56 Å². The van der Waals surface area contributed by atoms with E-state index in [9.17, 15) is 10.1 Å². The molecule has 4 heteroatoms. The molecule has 0 saturated carbocycles. The van der Waals surface area contributed by atoms with Gasteiger partial charge in [0.25, 0.3) is 0 Å². The summed E-state index contributed by atoms with van der Waals surface area (Å²) in [6.45, 7) is 6.40. The van der Waals surface area contributed by atoms with E-state index in [4.69, 9.17) is 0 Å². The Kier molecular flexibility index (Phi) is 5.68. The van der Waals surface area contributed by atoms with Gasteiger partial charge in [0.2, 0.25) is 5.91 Å². The maximum atomic E-state index is 12.0. The molecule has 22 heavy (non-hydrogen) atoms. The van der Waals surface area contributed by atoms with Crippen molar-refractivity contribution in [2.24, 2.45) is 0 Å². The maximum Gasteiger partial charge on any atom is 0.225 e. The van der Waals surface area contributed by atoms with Crippen LogP contribution in [0.1, 0.15) is 56.6 Å². The second kappa shape index (κ2) is 7.51. The van der Waals surface area contributed by atoms with E-state index in [0.29, 0.717) is 17.9 Å². The van der Waals surface area contributed by atoms with Gasteiger partial charge in [0.15, 0.2) is 0 Å². The average molecular weight is 314 g/mol. The number of amides is 1. The molecule has 3 nitrogen and oxygen atoms in total. The first-order valence-corrected chi connectivity index (χ1v) is 8.72. The summed E-state index contributed by atoms with van der Waals surface area (Å²) in [4.78, 5) is 12.0. The van der Waals surface area contributed by atoms with E-state index in [1.807, 2.05) is 0 Å². The van der Waals surface area contributed by atoms with Crippen LogP contribution in [0.5, 0.6) is 0 Å². The fourth-order valence-corrected chi connectivity index (χ4v) is 3.47. The molecule has 0 unspecified atom stereocenters. The summed E-state index contributed by atoms with van der Waals surface area (Å²) in [6.07, 6.45) is 1.36. The Labute approximate surface area is 136 Å². The van der Waals surface area contributed by atoms with Crippen molar-refractivity contribution in [3.63, 3.8) is 0 Å². The standard InChI is InChI=1S/C18H22N2OS/c1-4-9-22-18-16(11-19)15(10-17(21)20-18)14-7-5-13(6-8-14)12(2)3/h5-8,12,15H,4,9-10H2,1-3H3,(H,20,21)/t15-/m1/s1. The highest BCUT2D eigenvalue weighted by molar-refractivity contribution is 8.03. The first kappa shape index (κ1) is 16.6. The van der Waals surface area contributed by atoms with Gasteiger partial charge in [-0.2, -0.15) is 5.26 Å². The number of carbonyl (C=O) groups is 1. The van der Waals surface area contributed by atoms with Crippen molar-refractivity contribution in [2.75, 3.05) is 5.75 Å². The van der Waals surface area contributed by atoms with Crippen molar-refractivity contribution in [2.45, 2.75) is 45.4 Å². The lowest BCUT2D eigenvalue weighted by molar-refractivity contribution is -0.120. The van der Waals surface area contributed by atoms with Gasteiger partial charge in [-0.3, -0.25) is 4.79 Å². The van der Waals surface area contributed by atoms with Crippen molar-refractivity contribution in [3.8, 4) is 6.07 Å². The highest BCUT2D eigenvalue weighted by Crippen LogP contribution is 2.36. The Morgan fingerprint density at radius 1 is 1.36 bits per heavy atom. The first-order chi connectivity index (χ1) is 10.6. The van der Waals surface area contributed by atoms with Crippen LogP contribution in [0.25, 0.3) is 0 Å². The minimum absolute atomic E-state index is 0.00413. The summed E-state index contributed by atoms with van der Waals surface area (Å²) in [7, 11) is 0. The van der Waals surface area contributed by atoms with Gasteiger partial charge in [0, 0.05) is 12.3 Å². The number of nitriles is 1. The molecular weight excluding hydrogens is 292 g/mol. The maximum absolute atomic E-state index is 12.0. The fourth-order valence-electron chi connectivity index (χ4n) is 2.54. The van der Waals surface area contributed by atoms with Crippen LogP contribution in [-0.4, -0.2) is 11.7 Å². The SMILES string of the molecule is CCCSC1=C(C#N)[C@@H](c2ccc(C(C)C)cc2)CC(=O)N1. The van der Waals surface area contributed by atoms with Crippen LogP contribution in [0.15, 0.2) is 34.9 Å². The zero-order chi connectivity index (χ0) is 16.1. The third kappa shape index (κ3) is 3.72. The zero-order valence-electron chi connectivity index (χ0n) is 13.3. The lowest BCUT2D eigenvalue weighted by Crippen LogP contribution is -2.30. The number of rotatable bonds is 5. The number of benzene rings is 1. The summed E-state index contributed by atoms with van der Waals surface area (Å²) < 4.78 is 0. The van der Waals surface area contributed by atoms with Crippen LogP contribution in [0.3, 0.4) is 0 Å². The highest BCUT2D eigenvalue weighted by atomic mass is 32.2. The van der Waals surface area contributed by atoms with E-state index in [1.54, 1.807) is 11.8 Å². The molecule has 0 bridgehead atoms. The average Bonchev–Trinajstić information content (AvgIpc) is 2.52. The molecule has 0 spiro atoms. The molecule has 1 N–H and O–H groups in total. The molecule has 1 heterocycles. The van der Waals surface area contributed by atoms with E-state index < -0.39 is 0 Å². The second-order valence-corrected chi connectivity index (χ2v) is 6.93. The molecule has 0 fully saturated rings. The molecule has 1 amide bonds. The number of nitrogens with zero attached hydrogens (tertiary/aromatic N) is 1. The van der Waals surface area contributed by atoms with E-state index in [-0.39, 0.29) is 11.8 Å². The van der Waals surface area contributed by atoms with Gasteiger partial charge < -0.3 is 5.32 Å². The Balaban J connectivity index is 2.34. The summed E-state index contributed by atoms with van der Waals surface area (Å²) in [5.41, 5.74) is 3.01. The Hall–Kier alpha value is -1.73. The Bertz CT molecular complexity index is 611. The minimum Gasteiger partial charge on any atom is -0.320 e. The van der Waals surface area contributed by atoms with Crippen molar-refractivity contribution >= 4 is 17.7 Å². The quantitative estimate of drug-likeness (QED) is 0.882. The lowest BCUT2D eigenvalue weighted by Gasteiger charge is -2.25. The van der Waals surface area contributed by atoms with Gasteiger partial charge in [-0.05, 0) is 29.2 Å². The lowest BCUT2D eigenvalue weighted by atomic mass is 9.86. The predicted octanol–water partition coefficient (Wildman–Crippen LogP) is 4.29. The zero-order valence-corrected chi connectivity index (χ0v) is 14.2. The smallest absolute Gasteiger partial charge is 0.225 e. The number of nitrogens with one attached hydrogen (secondary N) is 1. The monoisotopic (exact) mass is 314 g/mol. The molecule has 0 aromatic heterocycles. The third-order valence-corrected chi connectivity index (χ3v) is 5.04. The number of carbonyl (C=O) groups excluding carboxylic acids is 1. The fraction of sp³-hybridized carbons (Fsp3) is 0.444. The second-order valence-electron chi connectivity index (χ2n) is 5.83. The molecule has 1 atom stereocenters. The molecule has 1 aliphatic heterocycles. The van der Waals surface area contributed by atoms with Gasteiger partial charge in [0.1, 0.15) is 0 Å². The van der Waals surface area contributed by atoms with E-state index >= 15 is 0 Å². The van der Waals surface area contributed by atoms with Crippen LogP contribution in [-0.2, 0) is 4.79 Å². The highest BCUT2D eigenvalue weighted by Gasteiger charge is 2.29. The normalized spacial score (nSPS) is 18.3. The van der Waals surface area contributed by atoms with Gasteiger partial charge in [-0.25, -0.2) is 0 Å². The molecule has 2 rings (SSSR count). The summed E-state index contributed by atoms with van der Waals surface area (Å²) in [5.74, 6) is 1.25. The van der Waals surface area contributed by atoms with Crippen LogP contribution in [0, 0.1) is 11.3 Å². The molecular formula is C18H22N2OS. The largest absolute Gasteiger partial charge is 0.320 e. The van der Waals surface area contributed by atoms with Gasteiger partial charge in [-0.1, -0.05) is 45.0 Å². The van der Waals surface area contributed by atoms with Crippen molar-refractivity contribution in [1.82, 2.24) is 5.32 Å². The van der Waals surface area contributed by atoms with Crippen LogP contribution in [0.2, 0.25) is 0 Å². The van der Waals surface area contributed by atoms with Crippen molar-refractivity contribution in [1.29, 1.82) is 5.26 Å². The molecule has 0 radical (unpaired) electrons. The van der Waals surface area contributed by atoms with Gasteiger partial charge in [0.05, 0.1) is 16.7 Å². The Morgan fingerprint density at radius 2 is 2.05 bits per heavy atom. The van der Waals surface area contributed by atoms with Gasteiger partial charge in [-0.15, -0.1) is 11.8 Å².